The molecule has 1 nitrogen and oxygen atoms in total. The summed E-state index contributed by atoms with van der Waals surface area (Å²) in [6.45, 7) is 4.08. The number of benzene rings is 1. The van der Waals surface area contributed by atoms with Crippen molar-refractivity contribution in [3.05, 3.63) is 63.9 Å². The summed E-state index contributed by atoms with van der Waals surface area (Å²) in [7, 11) is 0. The maximum absolute atomic E-state index is 6.27. The highest BCUT2D eigenvalue weighted by atomic mass is 79.9. The fourth-order valence-electron chi connectivity index (χ4n) is 1.80. The fraction of sp³-hybridized carbons (Fsp3) is 0.267. The standard InChI is InChI=1S/C15H15BrClN/c1-10-4-6-13(15(17)7-10)14(16)8-12-5-3-11(2)9-18-12/h3-7,9,14H,8H2,1-2H3. The fourth-order valence-corrected chi connectivity index (χ4v) is 3.03. The number of halogens is 2. The van der Waals surface area contributed by atoms with Gasteiger partial charge in [-0.2, -0.15) is 0 Å². The van der Waals surface area contributed by atoms with Gasteiger partial charge in [-0.25, -0.2) is 0 Å². The topological polar surface area (TPSA) is 12.9 Å². The normalized spacial score (nSPS) is 12.4. The summed E-state index contributed by atoms with van der Waals surface area (Å²) >= 11 is 9.96. The summed E-state index contributed by atoms with van der Waals surface area (Å²) in [5.41, 5.74) is 4.54. The summed E-state index contributed by atoms with van der Waals surface area (Å²) in [5, 5.41) is 0.809. The van der Waals surface area contributed by atoms with Crippen LogP contribution in [0.4, 0.5) is 0 Å². The summed E-state index contributed by atoms with van der Waals surface area (Å²) in [4.78, 5) is 4.61. The summed E-state index contributed by atoms with van der Waals surface area (Å²) in [5.74, 6) is 0. The van der Waals surface area contributed by atoms with Crippen LogP contribution in [0.5, 0.6) is 0 Å². The molecule has 18 heavy (non-hydrogen) atoms. The zero-order valence-corrected chi connectivity index (χ0v) is 12.8. The van der Waals surface area contributed by atoms with Gasteiger partial charge in [-0.3, -0.25) is 4.98 Å². The van der Waals surface area contributed by atoms with Crippen molar-refractivity contribution < 1.29 is 0 Å². The molecule has 0 fully saturated rings. The van der Waals surface area contributed by atoms with E-state index in [1.54, 1.807) is 0 Å². The lowest BCUT2D eigenvalue weighted by molar-refractivity contribution is 0.902. The second-order valence-electron chi connectivity index (χ2n) is 4.52. The van der Waals surface area contributed by atoms with Crippen LogP contribution in [0, 0.1) is 13.8 Å². The Kier molecular flexibility index (Phi) is 4.41. The Morgan fingerprint density at radius 1 is 1.17 bits per heavy atom. The zero-order chi connectivity index (χ0) is 13.1. The monoisotopic (exact) mass is 323 g/mol. The van der Waals surface area contributed by atoms with Crippen molar-refractivity contribution in [1.82, 2.24) is 4.98 Å². The lowest BCUT2D eigenvalue weighted by Crippen LogP contribution is -1.99. The van der Waals surface area contributed by atoms with E-state index in [0.717, 1.165) is 22.7 Å². The number of nitrogens with zero attached hydrogens (tertiary/aromatic N) is 1. The summed E-state index contributed by atoms with van der Waals surface area (Å²) in [6, 6.07) is 10.3. The molecule has 2 rings (SSSR count). The molecule has 1 aromatic carbocycles. The Hall–Kier alpha value is -0.860. The van der Waals surface area contributed by atoms with E-state index in [2.05, 4.69) is 45.2 Å². The number of hydrogen-bond acceptors (Lipinski definition) is 1. The lowest BCUT2D eigenvalue weighted by atomic mass is 10.1. The van der Waals surface area contributed by atoms with E-state index in [-0.39, 0.29) is 4.83 Å². The second kappa shape index (κ2) is 5.85. The molecule has 0 aliphatic carbocycles. The summed E-state index contributed by atoms with van der Waals surface area (Å²) in [6.07, 6.45) is 2.73. The van der Waals surface area contributed by atoms with Crippen molar-refractivity contribution in [3.63, 3.8) is 0 Å². The second-order valence-corrected chi connectivity index (χ2v) is 6.04. The number of aromatic nitrogens is 1. The van der Waals surface area contributed by atoms with Crippen LogP contribution in [0.1, 0.15) is 27.2 Å². The first kappa shape index (κ1) is 13.6. The molecule has 0 radical (unpaired) electrons. The van der Waals surface area contributed by atoms with Crippen molar-refractivity contribution >= 4 is 27.5 Å². The molecule has 1 heterocycles. The Labute approximate surface area is 121 Å². The van der Waals surface area contributed by atoms with Gasteiger partial charge in [0.25, 0.3) is 0 Å². The van der Waals surface area contributed by atoms with Crippen LogP contribution < -0.4 is 0 Å². The van der Waals surface area contributed by atoms with Gasteiger partial charge in [0.2, 0.25) is 0 Å². The molecule has 1 unspecified atom stereocenters. The quantitative estimate of drug-likeness (QED) is 0.722. The number of rotatable bonds is 3. The van der Waals surface area contributed by atoms with E-state index in [1.807, 2.05) is 26.1 Å². The van der Waals surface area contributed by atoms with Gasteiger partial charge in [-0.05, 0) is 42.7 Å². The van der Waals surface area contributed by atoms with Gasteiger partial charge in [0.1, 0.15) is 0 Å². The van der Waals surface area contributed by atoms with Crippen LogP contribution in [-0.2, 0) is 6.42 Å². The van der Waals surface area contributed by atoms with E-state index in [4.69, 9.17) is 11.6 Å². The van der Waals surface area contributed by atoms with Gasteiger partial charge >= 0.3 is 0 Å². The van der Waals surface area contributed by atoms with Crippen LogP contribution in [0.3, 0.4) is 0 Å². The maximum Gasteiger partial charge on any atom is 0.0465 e. The molecule has 2 aromatic rings. The van der Waals surface area contributed by atoms with Crippen LogP contribution in [-0.4, -0.2) is 4.98 Å². The Morgan fingerprint density at radius 3 is 2.50 bits per heavy atom. The minimum atomic E-state index is 0.195. The first-order chi connectivity index (χ1) is 8.56. The van der Waals surface area contributed by atoms with Gasteiger partial charge < -0.3 is 0 Å². The van der Waals surface area contributed by atoms with Crippen molar-refractivity contribution in [2.75, 3.05) is 0 Å². The molecule has 0 saturated heterocycles. The molecule has 0 spiro atoms. The van der Waals surface area contributed by atoms with Crippen LogP contribution in [0.25, 0.3) is 0 Å². The average molecular weight is 325 g/mol. The highest BCUT2D eigenvalue weighted by molar-refractivity contribution is 9.09. The molecule has 3 heteroatoms. The number of alkyl halides is 1. The molecular formula is C15H15BrClN. The Morgan fingerprint density at radius 2 is 1.89 bits per heavy atom. The van der Waals surface area contributed by atoms with E-state index in [9.17, 15) is 0 Å². The smallest absolute Gasteiger partial charge is 0.0465 e. The van der Waals surface area contributed by atoms with Crippen molar-refractivity contribution in [2.24, 2.45) is 0 Å². The molecule has 0 bridgehead atoms. The third kappa shape index (κ3) is 3.33. The highest BCUT2D eigenvalue weighted by Crippen LogP contribution is 2.32. The van der Waals surface area contributed by atoms with Gasteiger partial charge in [0.05, 0.1) is 0 Å². The van der Waals surface area contributed by atoms with E-state index in [0.29, 0.717) is 0 Å². The molecule has 0 aliphatic heterocycles. The number of pyridine rings is 1. The highest BCUT2D eigenvalue weighted by Gasteiger charge is 2.12. The SMILES string of the molecule is Cc1ccc(CC(Br)c2ccc(C)cc2Cl)nc1. The Balaban J connectivity index is 2.16. The number of hydrogen-bond donors (Lipinski definition) is 0. The summed E-state index contributed by atoms with van der Waals surface area (Å²) < 4.78 is 0. The van der Waals surface area contributed by atoms with Gasteiger partial charge in [0.15, 0.2) is 0 Å². The minimum Gasteiger partial charge on any atom is -0.261 e. The van der Waals surface area contributed by atoms with E-state index >= 15 is 0 Å². The molecule has 94 valence electrons. The molecule has 1 aromatic heterocycles. The molecule has 0 aliphatic rings. The minimum absolute atomic E-state index is 0.195. The first-order valence-corrected chi connectivity index (χ1v) is 7.17. The third-order valence-corrected chi connectivity index (χ3v) is 4.00. The van der Waals surface area contributed by atoms with Crippen LogP contribution in [0.2, 0.25) is 5.02 Å². The third-order valence-electron chi connectivity index (χ3n) is 2.85. The molecule has 1 atom stereocenters. The molecule has 0 amide bonds. The predicted molar refractivity (Wildman–Crippen MR) is 80.5 cm³/mol. The predicted octanol–water partition coefficient (Wildman–Crippen LogP) is 5.03. The van der Waals surface area contributed by atoms with E-state index in [1.165, 1.54) is 11.1 Å². The van der Waals surface area contributed by atoms with Gasteiger partial charge in [-0.1, -0.05) is 45.7 Å². The number of aryl methyl sites for hydroxylation is 2. The maximum atomic E-state index is 6.27. The Bertz CT molecular complexity index is 537. The first-order valence-electron chi connectivity index (χ1n) is 5.88. The van der Waals surface area contributed by atoms with Gasteiger partial charge in [0, 0.05) is 28.2 Å². The van der Waals surface area contributed by atoms with E-state index < -0.39 is 0 Å². The zero-order valence-electron chi connectivity index (χ0n) is 10.5. The van der Waals surface area contributed by atoms with Crippen molar-refractivity contribution in [3.8, 4) is 0 Å². The molecule has 0 N–H and O–H groups in total. The lowest BCUT2D eigenvalue weighted by Gasteiger charge is -2.12. The average Bonchev–Trinajstić information content (AvgIpc) is 2.32. The van der Waals surface area contributed by atoms with Crippen molar-refractivity contribution in [2.45, 2.75) is 25.1 Å². The van der Waals surface area contributed by atoms with Gasteiger partial charge in [-0.15, -0.1) is 0 Å². The molecular weight excluding hydrogens is 310 g/mol. The molecule has 0 saturated carbocycles. The van der Waals surface area contributed by atoms with Crippen LogP contribution >= 0.6 is 27.5 Å². The van der Waals surface area contributed by atoms with Crippen molar-refractivity contribution in [1.29, 1.82) is 0 Å². The van der Waals surface area contributed by atoms with Crippen LogP contribution in [0.15, 0.2) is 36.5 Å². The largest absolute Gasteiger partial charge is 0.261 e.